The molecule has 1 unspecified atom stereocenters. The molecule has 0 aliphatic rings. The van der Waals surface area contributed by atoms with Crippen molar-refractivity contribution in [3.63, 3.8) is 0 Å². The van der Waals surface area contributed by atoms with E-state index in [9.17, 15) is 14.9 Å². The molecule has 0 saturated carbocycles. The van der Waals surface area contributed by atoms with Gasteiger partial charge in [0.05, 0.1) is 11.3 Å². The first-order valence-corrected chi connectivity index (χ1v) is 4.62. The highest BCUT2D eigenvalue weighted by Crippen LogP contribution is 2.18. The predicted molar refractivity (Wildman–Crippen MR) is 55.4 cm³/mol. The van der Waals surface area contributed by atoms with Gasteiger partial charge in [-0.3, -0.25) is 14.9 Å². The molecule has 0 aliphatic heterocycles. The molecular weight excluding hydrogens is 214 g/mol. The first kappa shape index (κ1) is 12.0. The molecule has 1 atom stereocenters. The van der Waals surface area contributed by atoms with E-state index in [4.69, 9.17) is 9.84 Å². The van der Waals surface area contributed by atoms with Crippen molar-refractivity contribution in [1.29, 1.82) is 0 Å². The maximum atomic E-state index is 10.4. The van der Waals surface area contributed by atoms with E-state index in [0.29, 0.717) is 5.75 Å². The van der Waals surface area contributed by atoms with Gasteiger partial charge in [-0.1, -0.05) is 0 Å². The van der Waals surface area contributed by atoms with Gasteiger partial charge >= 0.3 is 5.97 Å². The van der Waals surface area contributed by atoms with Crippen molar-refractivity contribution < 1.29 is 19.6 Å². The van der Waals surface area contributed by atoms with Crippen LogP contribution in [-0.4, -0.2) is 22.1 Å². The molecule has 1 aromatic carbocycles. The van der Waals surface area contributed by atoms with E-state index in [0.717, 1.165) is 0 Å². The molecule has 0 fully saturated rings. The molecule has 6 nitrogen and oxygen atoms in total. The van der Waals surface area contributed by atoms with Crippen LogP contribution < -0.4 is 4.74 Å². The van der Waals surface area contributed by atoms with Crippen molar-refractivity contribution in [3.05, 3.63) is 34.4 Å². The molecule has 0 aliphatic carbocycles. The summed E-state index contributed by atoms with van der Waals surface area (Å²) >= 11 is 0. The van der Waals surface area contributed by atoms with Crippen molar-refractivity contribution in [3.8, 4) is 5.75 Å². The number of nitro benzene ring substituents is 1. The standard InChI is InChI=1S/C10H11NO5/c1-7(6-10(12)13)16-9-4-2-8(3-5-9)11(14)15/h2-5,7H,6H2,1H3,(H,12,13). The number of ether oxygens (including phenoxy) is 1. The number of carboxylic acid groups (broad SMARTS) is 1. The van der Waals surface area contributed by atoms with Crippen LogP contribution in [0, 0.1) is 10.1 Å². The zero-order valence-corrected chi connectivity index (χ0v) is 8.62. The number of carbonyl (C=O) groups is 1. The number of rotatable bonds is 5. The van der Waals surface area contributed by atoms with Gasteiger partial charge in [-0.25, -0.2) is 0 Å². The lowest BCUT2D eigenvalue weighted by Gasteiger charge is -2.11. The Kier molecular flexibility index (Phi) is 3.82. The second kappa shape index (κ2) is 5.11. The summed E-state index contributed by atoms with van der Waals surface area (Å²) in [6, 6.07) is 5.50. The third-order valence-electron chi connectivity index (χ3n) is 1.85. The average molecular weight is 225 g/mol. The van der Waals surface area contributed by atoms with Crippen LogP contribution in [0.1, 0.15) is 13.3 Å². The van der Waals surface area contributed by atoms with Gasteiger partial charge in [0.1, 0.15) is 11.9 Å². The molecule has 0 radical (unpaired) electrons. The first-order valence-electron chi connectivity index (χ1n) is 4.62. The Morgan fingerprint density at radius 2 is 2.06 bits per heavy atom. The predicted octanol–water partition coefficient (Wildman–Crippen LogP) is 1.84. The van der Waals surface area contributed by atoms with E-state index in [2.05, 4.69) is 0 Å². The lowest BCUT2D eigenvalue weighted by atomic mass is 10.2. The Balaban J connectivity index is 2.61. The van der Waals surface area contributed by atoms with Gasteiger partial charge in [0.25, 0.3) is 5.69 Å². The minimum atomic E-state index is -0.950. The van der Waals surface area contributed by atoms with Crippen molar-refractivity contribution in [2.45, 2.75) is 19.4 Å². The fraction of sp³-hybridized carbons (Fsp3) is 0.300. The van der Waals surface area contributed by atoms with E-state index in [1.54, 1.807) is 6.92 Å². The molecule has 86 valence electrons. The van der Waals surface area contributed by atoms with Crippen LogP contribution in [-0.2, 0) is 4.79 Å². The van der Waals surface area contributed by atoms with Crippen LogP contribution in [0.5, 0.6) is 5.75 Å². The maximum Gasteiger partial charge on any atom is 0.307 e. The third-order valence-corrected chi connectivity index (χ3v) is 1.85. The summed E-state index contributed by atoms with van der Waals surface area (Å²) in [6.45, 7) is 1.62. The topological polar surface area (TPSA) is 89.7 Å². The van der Waals surface area contributed by atoms with Crippen molar-refractivity contribution in [2.24, 2.45) is 0 Å². The third kappa shape index (κ3) is 3.56. The molecule has 0 saturated heterocycles. The molecule has 0 amide bonds. The van der Waals surface area contributed by atoms with E-state index in [1.807, 2.05) is 0 Å². The van der Waals surface area contributed by atoms with Crippen LogP contribution in [0.2, 0.25) is 0 Å². The minimum Gasteiger partial charge on any atom is -0.490 e. The molecule has 1 aromatic rings. The largest absolute Gasteiger partial charge is 0.490 e. The van der Waals surface area contributed by atoms with E-state index < -0.39 is 17.0 Å². The quantitative estimate of drug-likeness (QED) is 0.609. The summed E-state index contributed by atoms with van der Waals surface area (Å²) in [5.74, 6) is -0.534. The van der Waals surface area contributed by atoms with Crippen LogP contribution in [0.15, 0.2) is 24.3 Å². The molecule has 0 heterocycles. The van der Waals surface area contributed by atoms with E-state index in [-0.39, 0.29) is 12.1 Å². The second-order valence-electron chi connectivity index (χ2n) is 3.28. The normalized spacial score (nSPS) is 11.8. The average Bonchev–Trinajstić information content (AvgIpc) is 2.16. The van der Waals surface area contributed by atoms with Crippen LogP contribution in [0.4, 0.5) is 5.69 Å². The Labute approximate surface area is 91.6 Å². The summed E-state index contributed by atoms with van der Waals surface area (Å²) in [7, 11) is 0. The monoisotopic (exact) mass is 225 g/mol. The van der Waals surface area contributed by atoms with Crippen LogP contribution in [0.25, 0.3) is 0 Å². The van der Waals surface area contributed by atoms with Gasteiger partial charge in [0, 0.05) is 12.1 Å². The number of nitro groups is 1. The minimum absolute atomic E-state index is 0.0294. The lowest BCUT2D eigenvalue weighted by molar-refractivity contribution is -0.384. The number of nitrogens with zero attached hydrogens (tertiary/aromatic N) is 1. The van der Waals surface area contributed by atoms with E-state index >= 15 is 0 Å². The van der Waals surface area contributed by atoms with Gasteiger partial charge in [-0.15, -0.1) is 0 Å². The molecule has 16 heavy (non-hydrogen) atoms. The van der Waals surface area contributed by atoms with Crippen molar-refractivity contribution >= 4 is 11.7 Å². The van der Waals surface area contributed by atoms with Gasteiger partial charge in [0.15, 0.2) is 0 Å². The SMILES string of the molecule is CC(CC(=O)O)Oc1ccc([N+](=O)[O-])cc1. The zero-order chi connectivity index (χ0) is 12.1. The Morgan fingerprint density at radius 1 is 1.50 bits per heavy atom. The van der Waals surface area contributed by atoms with Crippen LogP contribution >= 0.6 is 0 Å². The Morgan fingerprint density at radius 3 is 2.50 bits per heavy atom. The molecule has 0 aromatic heterocycles. The van der Waals surface area contributed by atoms with Gasteiger partial charge < -0.3 is 9.84 Å². The summed E-state index contributed by atoms with van der Waals surface area (Å²) in [4.78, 5) is 20.2. The van der Waals surface area contributed by atoms with Gasteiger partial charge in [0.2, 0.25) is 0 Å². The summed E-state index contributed by atoms with van der Waals surface area (Å²) < 4.78 is 5.26. The second-order valence-corrected chi connectivity index (χ2v) is 3.28. The number of non-ortho nitro benzene ring substituents is 1. The van der Waals surface area contributed by atoms with Gasteiger partial charge in [-0.05, 0) is 19.1 Å². The molecule has 6 heteroatoms. The van der Waals surface area contributed by atoms with Crippen molar-refractivity contribution in [1.82, 2.24) is 0 Å². The zero-order valence-electron chi connectivity index (χ0n) is 8.62. The number of aliphatic carboxylic acids is 1. The Hall–Kier alpha value is -2.11. The van der Waals surface area contributed by atoms with Crippen molar-refractivity contribution in [2.75, 3.05) is 0 Å². The summed E-state index contributed by atoms with van der Waals surface area (Å²) in [6.07, 6.45) is -0.587. The molecular formula is C10H11NO5. The highest BCUT2D eigenvalue weighted by molar-refractivity contribution is 5.67. The summed E-state index contributed by atoms with van der Waals surface area (Å²) in [5.41, 5.74) is -0.0294. The lowest BCUT2D eigenvalue weighted by Crippen LogP contribution is -2.16. The fourth-order valence-corrected chi connectivity index (χ4v) is 1.17. The number of benzene rings is 1. The van der Waals surface area contributed by atoms with Crippen LogP contribution in [0.3, 0.4) is 0 Å². The highest BCUT2D eigenvalue weighted by atomic mass is 16.6. The smallest absolute Gasteiger partial charge is 0.307 e. The summed E-state index contributed by atoms with van der Waals surface area (Å²) in [5, 5.41) is 18.9. The maximum absolute atomic E-state index is 10.4. The van der Waals surface area contributed by atoms with Gasteiger partial charge in [-0.2, -0.15) is 0 Å². The number of carboxylic acids is 1. The molecule has 0 bridgehead atoms. The molecule has 1 rings (SSSR count). The first-order chi connectivity index (χ1) is 7.49. The molecule has 0 spiro atoms. The fourth-order valence-electron chi connectivity index (χ4n) is 1.17. The highest BCUT2D eigenvalue weighted by Gasteiger charge is 2.10. The van der Waals surface area contributed by atoms with E-state index in [1.165, 1.54) is 24.3 Å². The number of hydrogen-bond donors (Lipinski definition) is 1. The number of hydrogen-bond acceptors (Lipinski definition) is 4. The Bertz CT molecular complexity index is 387. The molecule has 1 N–H and O–H groups in total.